The van der Waals surface area contributed by atoms with Crippen LogP contribution in [0.3, 0.4) is 0 Å². The smallest absolute Gasteiger partial charge is 0.340 e. The molecule has 1 aromatic carbocycles. The molecule has 0 atom stereocenters. The molecule has 2 N–H and O–H groups in total. The van der Waals surface area contributed by atoms with Gasteiger partial charge in [0.25, 0.3) is 0 Å². The average molecular weight is 237 g/mol. The maximum Gasteiger partial charge on any atom is 0.340 e. The number of anilines is 1. The van der Waals surface area contributed by atoms with E-state index in [1.165, 1.54) is 25.0 Å². The summed E-state index contributed by atoms with van der Waals surface area (Å²) >= 11 is 0. The van der Waals surface area contributed by atoms with Crippen molar-refractivity contribution in [3.8, 4) is 0 Å². The number of ether oxygens (including phenoxy) is 1. The van der Waals surface area contributed by atoms with Crippen molar-refractivity contribution in [1.29, 1.82) is 0 Å². The molecule has 17 heavy (non-hydrogen) atoms. The molecule has 1 aliphatic rings. The van der Waals surface area contributed by atoms with E-state index in [0.29, 0.717) is 12.5 Å². The second-order valence-electron chi connectivity index (χ2n) is 4.48. The van der Waals surface area contributed by atoms with Gasteiger partial charge in [-0.3, -0.25) is 0 Å². The molecule has 0 radical (unpaired) electrons. The van der Waals surface area contributed by atoms with Crippen molar-refractivity contribution in [3.63, 3.8) is 0 Å². The molecule has 0 spiro atoms. The summed E-state index contributed by atoms with van der Waals surface area (Å²) in [5, 5.41) is 0. The number of rotatable bonds is 3. The molecule has 4 heteroatoms. The van der Waals surface area contributed by atoms with Gasteiger partial charge in [-0.1, -0.05) is 12.8 Å². The van der Waals surface area contributed by atoms with E-state index in [2.05, 4.69) is 0 Å². The van der Waals surface area contributed by atoms with Crippen LogP contribution >= 0.6 is 0 Å². The highest BCUT2D eigenvalue weighted by Crippen LogP contribution is 2.25. The third-order valence-corrected chi connectivity index (χ3v) is 3.16. The van der Waals surface area contributed by atoms with Gasteiger partial charge in [0.05, 0.1) is 12.2 Å². The molecule has 1 fully saturated rings. The van der Waals surface area contributed by atoms with Gasteiger partial charge in [-0.05, 0) is 37.0 Å². The molecule has 0 unspecified atom stereocenters. The molecule has 0 heterocycles. The lowest BCUT2D eigenvalue weighted by Gasteiger charge is -2.11. The monoisotopic (exact) mass is 237 g/mol. The number of nitrogen functional groups attached to an aromatic ring is 1. The van der Waals surface area contributed by atoms with E-state index in [4.69, 9.17) is 10.5 Å². The first-order valence-corrected chi connectivity index (χ1v) is 5.89. The van der Waals surface area contributed by atoms with E-state index in [1.807, 2.05) is 0 Å². The summed E-state index contributed by atoms with van der Waals surface area (Å²) < 4.78 is 18.1. The Bertz CT molecular complexity index is 414. The van der Waals surface area contributed by atoms with Crippen LogP contribution in [0.1, 0.15) is 36.0 Å². The van der Waals surface area contributed by atoms with Crippen molar-refractivity contribution >= 4 is 11.7 Å². The Hall–Kier alpha value is -1.58. The molecule has 0 aliphatic heterocycles. The maximum absolute atomic E-state index is 13.0. The number of carbonyl (C=O) groups excluding carboxylic acids is 1. The zero-order chi connectivity index (χ0) is 12.3. The van der Waals surface area contributed by atoms with Gasteiger partial charge in [0.2, 0.25) is 0 Å². The number of nitrogens with two attached hydrogens (primary N) is 1. The van der Waals surface area contributed by atoms with Crippen molar-refractivity contribution in [2.45, 2.75) is 25.7 Å². The number of carbonyl (C=O) groups is 1. The van der Waals surface area contributed by atoms with E-state index in [1.54, 1.807) is 0 Å². The lowest BCUT2D eigenvalue weighted by Crippen LogP contribution is -2.13. The summed E-state index contributed by atoms with van der Waals surface area (Å²) in [7, 11) is 0. The van der Waals surface area contributed by atoms with Crippen LogP contribution in [-0.4, -0.2) is 12.6 Å². The Morgan fingerprint density at radius 3 is 2.82 bits per heavy atom. The van der Waals surface area contributed by atoms with Gasteiger partial charge >= 0.3 is 5.97 Å². The molecular formula is C13H16FNO2. The molecule has 0 aromatic heterocycles. The highest BCUT2D eigenvalue weighted by Gasteiger charge is 2.18. The van der Waals surface area contributed by atoms with E-state index in [0.717, 1.165) is 18.9 Å². The van der Waals surface area contributed by atoms with Crippen LogP contribution in [0, 0.1) is 11.7 Å². The van der Waals surface area contributed by atoms with Gasteiger partial charge in [0.1, 0.15) is 5.82 Å². The summed E-state index contributed by atoms with van der Waals surface area (Å²) in [5.41, 5.74) is 5.97. The van der Waals surface area contributed by atoms with Gasteiger partial charge in [0, 0.05) is 5.69 Å². The highest BCUT2D eigenvalue weighted by molar-refractivity contribution is 5.95. The first kappa shape index (κ1) is 11.9. The zero-order valence-electron chi connectivity index (χ0n) is 9.62. The van der Waals surface area contributed by atoms with E-state index in [-0.39, 0.29) is 11.3 Å². The van der Waals surface area contributed by atoms with Crippen LogP contribution in [0.5, 0.6) is 0 Å². The van der Waals surface area contributed by atoms with Crippen molar-refractivity contribution in [2.75, 3.05) is 12.3 Å². The Morgan fingerprint density at radius 2 is 2.12 bits per heavy atom. The normalized spacial score (nSPS) is 16.1. The minimum Gasteiger partial charge on any atom is -0.462 e. The fourth-order valence-corrected chi connectivity index (χ4v) is 2.15. The van der Waals surface area contributed by atoms with E-state index in [9.17, 15) is 9.18 Å². The molecule has 0 amide bonds. The minimum absolute atomic E-state index is 0.114. The first-order chi connectivity index (χ1) is 8.16. The molecule has 1 aromatic rings. The second-order valence-corrected chi connectivity index (χ2v) is 4.48. The topological polar surface area (TPSA) is 52.3 Å². The van der Waals surface area contributed by atoms with Crippen molar-refractivity contribution in [3.05, 3.63) is 29.6 Å². The number of benzene rings is 1. The lowest BCUT2D eigenvalue weighted by atomic mass is 10.1. The van der Waals surface area contributed by atoms with Gasteiger partial charge < -0.3 is 10.5 Å². The Kier molecular flexibility index (Phi) is 3.61. The summed E-state index contributed by atoms with van der Waals surface area (Å²) in [4.78, 5) is 11.7. The van der Waals surface area contributed by atoms with Crippen LogP contribution in [-0.2, 0) is 4.74 Å². The summed E-state index contributed by atoms with van der Waals surface area (Å²) in [6, 6.07) is 3.72. The Morgan fingerprint density at radius 1 is 1.41 bits per heavy atom. The second kappa shape index (κ2) is 5.17. The third kappa shape index (κ3) is 2.96. The van der Waals surface area contributed by atoms with Gasteiger partial charge in [0.15, 0.2) is 0 Å². The number of hydrogen-bond acceptors (Lipinski definition) is 3. The molecule has 1 aliphatic carbocycles. The third-order valence-electron chi connectivity index (χ3n) is 3.16. The largest absolute Gasteiger partial charge is 0.462 e. The standard InChI is InChI=1S/C13H16FNO2/c14-10-5-6-12(15)11(7-10)13(16)17-8-9-3-1-2-4-9/h5-7,9H,1-4,8,15H2. The molecule has 0 bridgehead atoms. The zero-order valence-corrected chi connectivity index (χ0v) is 9.62. The molecule has 1 saturated carbocycles. The predicted octanol–water partition coefficient (Wildman–Crippen LogP) is 2.75. The number of esters is 1. The lowest BCUT2D eigenvalue weighted by molar-refractivity contribution is 0.0443. The van der Waals surface area contributed by atoms with Crippen molar-refractivity contribution < 1.29 is 13.9 Å². The van der Waals surface area contributed by atoms with Crippen LogP contribution in [0.15, 0.2) is 18.2 Å². The van der Waals surface area contributed by atoms with Crippen LogP contribution in [0.4, 0.5) is 10.1 Å². The summed E-state index contributed by atoms with van der Waals surface area (Å²) in [6.07, 6.45) is 4.60. The molecule has 3 nitrogen and oxygen atoms in total. The van der Waals surface area contributed by atoms with Gasteiger partial charge in [-0.15, -0.1) is 0 Å². The van der Waals surface area contributed by atoms with Crippen LogP contribution in [0.25, 0.3) is 0 Å². The molecular weight excluding hydrogens is 221 g/mol. The molecule has 92 valence electrons. The Balaban J connectivity index is 1.96. The fourth-order valence-electron chi connectivity index (χ4n) is 2.15. The van der Waals surface area contributed by atoms with Crippen molar-refractivity contribution in [1.82, 2.24) is 0 Å². The SMILES string of the molecule is Nc1ccc(F)cc1C(=O)OCC1CCCC1. The average Bonchev–Trinajstić information content (AvgIpc) is 2.82. The minimum atomic E-state index is -0.533. The van der Waals surface area contributed by atoms with E-state index >= 15 is 0 Å². The summed E-state index contributed by atoms with van der Waals surface area (Å²) in [6.45, 7) is 0.411. The number of hydrogen-bond donors (Lipinski definition) is 1. The molecule has 0 saturated heterocycles. The maximum atomic E-state index is 13.0. The van der Waals surface area contributed by atoms with Gasteiger partial charge in [-0.25, -0.2) is 9.18 Å². The quantitative estimate of drug-likeness (QED) is 0.649. The van der Waals surface area contributed by atoms with Crippen LogP contribution < -0.4 is 5.73 Å². The fraction of sp³-hybridized carbons (Fsp3) is 0.462. The van der Waals surface area contributed by atoms with Crippen molar-refractivity contribution in [2.24, 2.45) is 5.92 Å². The highest BCUT2D eigenvalue weighted by atomic mass is 19.1. The summed E-state index contributed by atoms with van der Waals surface area (Å²) in [5.74, 6) is -0.561. The van der Waals surface area contributed by atoms with E-state index < -0.39 is 11.8 Å². The molecule has 2 rings (SSSR count). The van der Waals surface area contributed by atoms with Gasteiger partial charge in [-0.2, -0.15) is 0 Å². The number of halogens is 1. The predicted molar refractivity (Wildman–Crippen MR) is 63.1 cm³/mol. The Labute approximate surface area is 99.8 Å². The first-order valence-electron chi connectivity index (χ1n) is 5.89. The van der Waals surface area contributed by atoms with Crippen LogP contribution in [0.2, 0.25) is 0 Å².